The number of carbonyl (C=O) groups is 1. The molecular formula is C22H27ClN2O2. The number of likely N-dealkylation sites (tertiary alicyclic amines) is 1. The Morgan fingerprint density at radius 3 is 2.30 bits per heavy atom. The summed E-state index contributed by atoms with van der Waals surface area (Å²) in [5.41, 5.74) is 0.757. The standard InChI is InChI=1S/C22H26N2O2.ClH/c25-21(22(12-14-23-15-13-22)18-7-3-1-4-8-18)24-16-11-20(17-24)26-19-9-5-2-6-10-19;/h1-10,20,23H,11-17H2;1H. The van der Waals surface area contributed by atoms with Gasteiger partial charge in [-0.05, 0) is 43.6 Å². The number of rotatable bonds is 4. The summed E-state index contributed by atoms with van der Waals surface area (Å²) < 4.78 is 6.08. The van der Waals surface area contributed by atoms with Crippen LogP contribution in [0.25, 0.3) is 0 Å². The summed E-state index contributed by atoms with van der Waals surface area (Å²) in [4.78, 5) is 15.6. The molecule has 0 radical (unpaired) electrons. The van der Waals surface area contributed by atoms with Gasteiger partial charge in [0, 0.05) is 13.0 Å². The maximum Gasteiger partial charge on any atom is 0.233 e. The molecule has 2 aliphatic heterocycles. The van der Waals surface area contributed by atoms with Gasteiger partial charge in [0.25, 0.3) is 0 Å². The van der Waals surface area contributed by atoms with E-state index in [0.717, 1.165) is 50.2 Å². The summed E-state index contributed by atoms with van der Waals surface area (Å²) in [6.45, 7) is 3.23. The van der Waals surface area contributed by atoms with Gasteiger partial charge >= 0.3 is 0 Å². The van der Waals surface area contributed by atoms with Gasteiger partial charge in [-0.3, -0.25) is 4.79 Å². The molecular weight excluding hydrogens is 360 g/mol. The lowest BCUT2D eigenvalue weighted by Crippen LogP contribution is -2.51. The van der Waals surface area contributed by atoms with E-state index in [-0.39, 0.29) is 24.4 Å². The van der Waals surface area contributed by atoms with Gasteiger partial charge in [-0.25, -0.2) is 0 Å². The van der Waals surface area contributed by atoms with E-state index in [2.05, 4.69) is 17.4 Å². The second kappa shape index (κ2) is 8.77. The Morgan fingerprint density at radius 2 is 1.63 bits per heavy atom. The number of carbonyl (C=O) groups excluding carboxylic acids is 1. The lowest BCUT2D eigenvalue weighted by molar-refractivity contribution is -0.137. The summed E-state index contributed by atoms with van der Waals surface area (Å²) in [6.07, 6.45) is 2.69. The van der Waals surface area contributed by atoms with Crippen LogP contribution in [0.2, 0.25) is 0 Å². The molecule has 5 heteroatoms. The molecule has 2 heterocycles. The molecule has 144 valence electrons. The number of hydrogen-bond acceptors (Lipinski definition) is 3. The highest BCUT2D eigenvalue weighted by molar-refractivity contribution is 5.88. The largest absolute Gasteiger partial charge is 0.489 e. The Labute approximate surface area is 167 Å². The summed E-state index contributed by atoms with van der Waals surface area (Å²) in [5, 5.41) is 3.40. The van der Waals surface area contributed by atoms with E-state index in [1.165, 1.54) is 0 Å². The number of benzene rings is 2. The van der Waals surface area contributed by atoms with Crippen molar-refractivity contribution in [1.29, 1.82) is 0 Å². The van der Waals surface area contributed by atoms with Crippen LogP contribution in [0.5, 0.6) is 5.75 Å². The number of para-hydroxylation sites is 1. The average Bonchev–Trinajstić information content (AvgIpc) is 3.18. The van der Waals surface area contributed by atoms with Gasteiger partial charge in [0.15, 0.2) is 0 Å². The Balaban J connectivity index is 0.00000210. The van der Waals surface area contributed by atoms with Crippen LogP contribution in [0.4, 0.5) is 0 Å². The van der Waals surface area contributed by atoms with Crippen molar-refractivity contribution in [3.05, 3.63) is 66.2 Å². The Morgan fingerprint density at radius 1 is 1.00 bits per heavy atom. The molecule has 0 spiro atoms. The number of halogens is 1. The number of nitrogens with one attached hydrogen (secondary N) is 1. The fourth-order valence-electron chi connectivity index (χ4n) is 4.24. The molecule has 0 aromatic heterocycles. The van der Waals surface area contributed by atoms with E-state index in [9.17, 15) is 4.79 Å². The smallest absolute Gasteiger partial charge is 0.233 e. The molecule has 2 fully saturated rings. The highest BCUT2D eigenvalue weighted by Crippen LogP contribution is 2.36. The van der Waals surface area contributed by atoms with Crippen LogP contribution in [0.3, 0.4) is 0 Å². The van der Waals surface area contributed by atoms with Crippen LogP contribution >= 0.6 is 12.4 Å². The fraction of sp³-hybridized carbons (Fsp3) is 0.409. The molecule has 2 saturated heterocycles. The Kier molecular flexibility index (Phi) is 6.40. The Bertz CT molecular complexity index is 732. The topological polar surface area (TPSA) is 41.6 Å². The van der Waals surface area contributed by atoms with Crippen molar-refractivity contribution in [3.8, 4) is 5.75 Å². The van der Waals surface area contributed by atoms with Crippen molar-refractivity contribution in [2.24, 2.45) is 0 Å². The van der Waals surface area contributed by atoms with Crippen LogP contribution in [-0.2, 0) is 10.2 Å². The van der Waals surface area contributed by atoms with Gasteiger partial charge in [0.2, 0.25) is 5.91 Å². The zero-order chi connectivity index (χ0) is 17.8. The number of hydrogen-bond donors (Lipinski definition) is 1. The minimum Gasteiger partial charge on any atom is -0.489 e. The summed E-state index contributed by atoms with van der Waals surface area (Å²) >= 11 is 0. The number of nitrogens with zero attached hydrogens (tertiary/aromatic N) is 1. The predicted octanol–water partition coefficient (Wildman–Crippen LogP) is 3.41. The third kappa shape index (κ3) is 4.12. The minimum absolute atomic E-state index is 0. The average molecular weight is 387 g/mol. The van der Waals surface area contributed by atoms with E-state index < -0.39 is 5.41 Å². The molecule has 27 heavy (non-hydrogen) atoms. The van der Waals surface area contributed by atoms with E-state index in [4.69, 9.17) is 4.74 Å². The second-order valence-electron chi connectivity index (χ2n) is 7.29. The maximum absolute atomic E-state index is 13.6. The fourth-order valence-corrected chi connectivity index (χ4v) is 4.24. The minimum atomic E-state index is -0.395. The molecule has 4 nitrogen and oxygen atoms in total. The quantitative estimate of drug-likeness (QED) is 0.875. The molecule has 4 rings (SSSR count). The number of piperidine rings is 1. The molecule has 0 aliphatic carbocycles. The first-order chi connectivity index (χ1) is 12.8. The molecule has 2 aromatic carbocycles. The SMILES string of the molecule is Cl.O=C(N1CCC(Oc2ccccc2)C1)C1(c2ccccc2)CCNCC1. The lowest BCUT2D eigenvalue weighted by atomic mass is 9.72. The van der Waals surface area contributed by atoms with Gasteiger partial charge in [0.1, 0.15) is 11.9 Å². The first kappa shape index (κ1) is 19.7. The van der Waals surface area contributed by atoms with E-state index in [0.29, 0.717) is 6.54 Å². The number of amides is 1. The summed E-state index contributed by atoms with van der Waals surface area (Å²) in [5.74, 6) is 1.15. The summed E-state index contributed by atoms with van der Waals surface area (Å²) in [7, 11) is 0. The van der Waals surface area contributed by atoms with Crippen LogP contribution in [0.15, 0.2) is 60.7 Å². The summed E-state index contributed by atoms with van der Waals surface area (Å²) in [6, 6.07) is 20.2. The third-order valence-electron chi connectivity index (χ3n) is 5.67. The van der Waals surface area contributed by atoms with Gasteiger partial charge in [-0.15, -0.1) is 12.4 Å². The van der Waals surface area contributed by atoms with Crippen molar-refractivity contribution in [3.63, 3.8) is 0 Å². The first-order valence-electron chi connectivity index (χ1n) is 9.55. The van der Waals surface area contributed by atoms with E-state index >= 15 is 0 Å². The monoisotopic (exact) mass is 386 g/mol. The lowest BCUT2D eigenvalue weighted by Gasteiger charge is -2.39. The van der Waals surface area contributed by atoms with E-state index in [1.807, 2.05) is 53.4 Å². The Hall–Kier alpha value is -2.04. The predicted molar refractivity (Wildman–Crippen MR) is 110 cm³/mol. The highest BCUT2D eigenvalue weighted by atomic mass is 35.5. The van der Waals surface area contributed by atoms with E-state index in [1.54, 1.807) is 0 Å². The second-order valence-corrected chi connectivity index (χ2v) is 7.29. The molecule has 1 N–H and O–H groups in total. The van der Waals surface area contributed by atoms with Crippen LogP contribution in [0.1, 0.15) is 24.8 Å². The van der Waals surface area contributed by atoms with Crippen LogP contribution in [0, 0.1) is 0 Å². The van der Waals surface area contributed by atoms with Gasteiger partial charge < -0.3 is 15.0 Å². The van der Waals surface area contributed by atoms with Crippen molar-refractivity contribution >= 4 is 18.3 Å². The molecule has 1 amide bonds. The zero-order valence-electron chi connectivity index (χ0n) is 15.5. The molecule has 1 unspecified atom stereocenters. The molecule has 0 bridgehead atoms. The van der Waals surface area contributed by atoms with Gasteiger partial charge in [-0.1, -0.05) is 48.5 Å². The molecule has 2 aliphatic rings. The highest BCUT2D eigenvalue weighted by Gasteiger charge is 2.45. The first-order valence-corrected chi connectivity index (χ1v) is 9.55. The van der Waals surface area contributed by atoms with Crippen molar-refractivity contribution in [2.75, 3.05) is 26.2 Å². The molecule has 0 saturated carbocycles. The van der Waals surface area contributed by atoms with Crippen molar-refractivity contribution in [2.45, 2.75) is 30.8 Å². The number of ether oxygens (including phenoxy) is 1. The van der Waals surface area contributed by atoms with Gasteiger partial charge in [0.05, 0.1) is 12.0 Å². The zero-order valence-corrected chi connectivity index (χ0v) is 16.3. The van der Waals surface area contributed by atoms with Crippen molar-refractivity contribution in [1.82, 2.24) is 10.2 Å². The van der Waals surface area contributed by atoms with Crippen molar-refractivity contribution < 1.29 is 9.53 Å². The maximum atomic E-state index is 13.6. The third-order valence-corrected chi connectivity index (χ3v) is 5.67. The van der Waals surface area contributed by atoms with Gasteiger partial charge in [-0.2, -0.15) is 0 Å². The molecule has 2 aromatic rings. The normalized spacial score (nSPS) is 21.3. The van der Waals surface area contributed by atoms with Crippen LogP contribution in [-0.4, -0.2) is 43.1 Å². The van der Waals surface area contributed by atoms with Crippen LogP contribution < -0.4 is 10.1 Å². The molecule has 1 atom stereocenters.